The van der Waals surface area contributed by atoms with Crippen LogP contribution >= 0.6 is 7.60 Å². The van der Waals surface area contributed by atoms with Crippen molar-refractivity contribution in [2.75, 3.05) is 27.1 Å². The lowest BCUT2D eigenvalue weighted by Crippen LogP contribution is -2.43. The summed E-state index contributed by atoms with van der Waals surface area (Å²) in [5.41, 5.74) is 0. The summed E-state index contributed by atoms with van der Waals surface area (Å²) in [6.07, 6.45) is -3.28. The minimum absolute atomic E-state index is 0.331. The highest BCUT2D eigenvalue weighted by atomic mass is 31.2. The van der Waals surface area contributed by atoms with Crippen molar-refractivity contribution in [1.82, 2.24) is 5.06 Å². The zero-order valence-electron chi connectivity index (χ0n) is 15.9. The average molecular weight is 397 g/mol. The van der Waals surface area contributed by atoms with Crippen LogP contribution in [0.1, 0.15) is 27.7 Å². The van der Waals surface area contributed by atoms with Crippen molar-refractivity contribution in [3.8, 4) is 0 Å². The van der Waals surface area contributed by atoms with Gasteiger partial charge in [-0.05, 0) is 27.7 Å². The van der Waals surface area contributed by atoms with E-state index in [1.54, 1.807) is 13.8 Å². The molecule has 3 aliphatic heterocycles. The lowest BCUT2D eigenvalue weighted by molar-refractivity contribution is -0.266. The molecular formula is C15H28NO9P. The predicted molar refractivity (Wildman–Crippen MR) is 87.5 cm³/mol. The van der Waals surface area contributed by atoms with E-state index in [2.05, 4.69) is 0 Å². The second-order valence-electron chi connectivity index (χ2n) is 7.48. The maximum Gasteiger partial charge on any atom is 0.346 e. The fourth-order valence-electron chi connectivity index (χ4n) is 3.47. The lowest BCUT2D eigenvalue weighted by Gasteiger charge is -2.30. The smallest absolute Gasteiger partial charge is 0.346 e. The maximum atomic E-state index is 12.3. The minimum atomic E-state index is -3.48. The van der Waals surface area contributed by atoms with E-state index in [1.807, 2.05) is 13.8 Å². The molecule has 3 heterocycles. The van der Waals surface area contributed by atoms with Crippen LogP contribution in [-0.2, 0) is 37.3 Å². The summed E-state index contributed by atoms with van der Waals surface area (Å²) in [4.78, 5) is 0. The third-order valence-corrected chi connectivity index (χ3v) is 6.38. The van der Waals surface area contributed by atoms with E-state index < -0.39 is 43.7 Å². The Morgan fingerprint density at radius 1 is 1.04 bits per heavy atom. The van der Waals surface area contributed by atoms with Crippen molar-refractivity contribution in [3.05, 3.63) is 0 Å². The minimum Gasteiger partial charge on any atom is -0.349 e. The Balaban J connectivity index is 1.78. The molecule has 0 amide bonds. The zero-order valence-corrected chi connectivity index (χ0v) is 16.8. The molecule has 26 heavy (non-hydrogen) atoms. The van der Waals surface area contributed by atoms with E-state index in [0.29, 0.717) is 6.61 Å². The van der Waals surface area contributed by atoms with Crippen LogP contribution in [0.5, 0.6) is 0 Å². The Labute approximate surface area is 153 Å². The molecule has 0 aromatic carbocycles. The number of ether oxygens (including phenoxy) is 5. The molecule has 0 unspecified atom stereocenters. The third-order valence-electron chi connectivity index (χ3n) is 4.63. The molecule has 0 saturated carbocycles. The van der Waals surface area contributed by atoms with E-state index in [0.717, 1.165) is 5.06 Å². The first-order valence-electron chi connectivity index (χ1n) is 8.48. The van der Waals surface area contributed by atoms with Gasteiger partial charge in [0.25, 0.3) is 0 Å². The predicted octanol–water partition coefficient (Wildman–Crippen LogP) is 1.52. The van der Waals surface area contributed by atoms with Gasteiger partial charge in [0.1, 0.15) is 30.7 Å². The van der Waals surface area contributed by atoms with Gasteiger partial charge in [0.2, 0.25) is 0 Å². The number of hydrogen-bond donors (Lipinski definition) is 1. The molecule has 0 aliphatic carbocycles. The van der Waals surface area contributed by atoms with Gasteiger partial charge >= 0.3 is 7.60 Å². The number of hydrogen-bond acceptors (Lipinski definition) is 10. The van der Waals surface area contributed by atoms with Gasteiger partial charge < -0.3 is 37.9 Å². The van der Waals surface area contributed by atoms with E-state index >= 15 is 0 Å². The molecule has 3 rings (SSSR count). The molecule has 0 aromatic rings. The highest BCUT2D eigenvalue weighted by molar-refractivity contribution is 7.53. The van der Waals surface area contributed by atoms with Gasteiger partial charge in [-0.25, -0.2) is 0 Å². The van der Waals surface area contributed by atoms with Crippen molar-refractivity contribution < 1.29 is 42.5 Å². The Morgan fingerprint density at radius 3 is 2.19 bits per heavy atom. The van der Waals surface area contributed by atoms with E-state index in [1.165, 1.54) is 14.2 Å². The number of nitrogens with zero attached hydrogens (tertiary/aromatic N) is 1. The first-order chi connectivity index (χ1) is 12.0. The first-order valence-corrected chi connectivity index (χ1v) is 10.2. The Kier molecular flexibility index (Phi) is 5.58. The molecule has 3 saturated heterocycles. The maximum absolute atomic E-state index is 12.3. The molecule has 152 valence electrons. The molecule has 0 aromatic heterocycles. The van der Waals surface area contributed by atoms with E-state index in [-0.39, 0.29) is 12.4 Å². The van der Waals surface area contributed by atoms with Crippen molar-refractivity contribution in [3.63, 3.8) is 0 Å². The SMILES string of the molecule is COP(=O)(CN(O)[C@H]1O[C@H]([C@H]2COC(C)(C)O2)[C@@H]2OC(C)(C)O[C@@H]21)OC. The van der Waals surface area contributed by atoms with Crippen molar-refractivity contribution in [2.45, 2.75) is 69.9 Å². The van der Waals surface area contributed by atoms with Gasteiger partial charge in [-0.15, -0.1) is 5.06 Å². The summed E-state index contributed by atoms with van der Waals surface area (Å²) in [6, 6.07) is 0. The van der Waals surface area contributed by atoms with Gasteiger partial charge in [-0.1, -0.05) is 0 Å². The molecule has 3 aliphatic rings. The average Bonchev–Trinajstić information content (AvgIpc) is 3.16. The largest absolute Gasteiger partial charge is 0.349 e. The number of hydroxylamine groups is 2. The lowest BCUT2D eigenvalue weighted by atomic mass is 10.1. The van der Waals surface area contributed by atoms with Crippen LogP contribution in [0.3, 0.4) is 0 Å². The number of fused-ring (bicyclic) bond motifs is 1. The normalized spacial score (nSPS) is 38.8. The summed E-state index contributed by atoms with van der Waals surface area (Å²) < 4.78 is 51.5. The summed E-state index contributed by atoms with van der Waals surface area (Å²) in [6.45, 7) is 7.54. The van der Waals surface area contributed by atoms with Gasteiger partial charge in [-0.2, -0.15) is 0 Å². The van der Waals surface area contributed by atoms with Gasteiger partial charge in [0.05, 0.1) is 6.61 Å². The van der Waals surface area contributed by atoms with Crippen molar-refractivity contribution >= 4 is 7.60 Å². The fourth-order valence-corrected chi connectivity index (χ4v) is 4.37. The molecule has 0 radical (unpaired) electrons. The van der Waals surface area contributed by atoms with Crippen molar-refractivity contribution in [1.29, 1.82) is 0 Å². The summed E-state index contributed by atoms with van der Waals surface area (Å²) in [7, 11) is -0.974. The standard InChI is InChI=1S/C15H28NO9P/c1-14(2)21-7-9(23-14)10-11-12(25-15(3,4)24-11)13(22-10)16(17)8-26(18,19-5)20-6/h9-13,17H,7-8H2,1-6H3/t9-,10-,11+,12+,13+/m1/s1. The Bertz CT molecular complexity index is 563. The van der Waals surface area contributed by atoms with Gasteiger partial charge in [-0.3, -0.25) is 4.57 Å². The zero-order chi connectivity index (χ0) is 19.3. The highest BCUT2D eigenvalue weighted by Gasteiger charge is 2.60. The molecular weight excluding hydrogens is 369 g/mol. The molecule has 1 N–H and O–H groups in total. The molecule has 5 atom stereocenters. The van der Waals surface area contributed by atoms with Gasteiger partial charge in [0.15, 0.2) is 17.8 Å². The molecule has 0 spiro atoms. The van der Waals surface area contributed by atoms with Crippen LogP contribution < -0.4 is 0 Å². The quantitative estimate of drug-likeness (QED) is 0.524. The first kappa shape index (κ1) is 20.6. The summed E-state index contributed by atoms with van der Waals surface area (Å²) >= 11 is 0. The third kappa shape index (κ3) is 4.00. The molecule has 10 nitrogen and oxygen atoms in total. The second-order valence-corrected chi connectivity index (χ2v) is 9.72. The summed E-state index contributed by atoms with van der Waals surface area (Å²) in [5, 5.41) is 11.3. The van der Waals surface area contributed by atoms with Gasteiger partial charge in [0, 0.05) is 14.2 Å². The van der Waals surface area contributed by atoms with E-state index in [9.17, 15) is 9.77 Å². The van der Waals surface area contributed by atoms with Crippen LogP contribution in [0.15, 0.2) is 0 Å². The second kappa shape index (κ2) is 7.04. The topological polar surface area (TPSA) is 105 Å². The van der Waals surface area contributed by atoms with Crippen LogP contribution in [0.25, 0.3) is 0 Å². The number of rotatable bonds is 6. The highest BCUT2D eigenvalue weighted by Crippen LogP contribution is 2.49. The Morgan fingerprint density at radius 2 is 1.65 bits per heavy atom. The van der Waals surface area contributed by atoms with Crippen molar-refractivity contribution in [2.24, 2.45) is 0 Å². The molecule has 3 fully saturated rings. The molecule has 11 heteroatoms. The fraction of sp³-hybridized carbons (Fsp3) is 1.00. The Hall–Kier alpha value is -0.130. The van der Waals surface area contributed by atoms with Crippen LogP contribution in [0.4, 0.5) is 0 Å². The monoisotopic (exact) mass is 397 g/mol. The van der Waals surface area contributed by atoms with Crippen LogP contribution in [-0.4, -0.2) is 79.6 Å². The van der Waals surface area contributed by atoms with Crippen LogP contribution in [0, 0.1) is 0 Å². The van der Waals surface area contributed by atoms with Crippen LogP contribution in [0.2, 0.25) is 0 Å². The summed E-state index contributed by atoms with van der Waals surface area (Å²) in [5.74, 6) is -1.57. The van der Waals surface area contributed by atoms with E-state index in [4.69, 9.17) is 32.7 Å². The molecule has 0 bridgehead atoms.